The van der Waals surface area contributed by atoms with Crippen LogP contribution in [0.1, 0.15) is 18.9 Å². The van der Waals surface area contributed by atoms with Crippen LogP contribution in [-0.2, 0) is 6.54 Å². The lowest BCUT2D eigenvalue weighted by atomic mass is 10.2. The summed E-state index contributed by atoms with van der Waals surface area (Å²) >= 11 is 9.13. The van der Waals surface area contributed by atoms with Gasteiger partial charge in [-0.05, 0) is 30.7 Å². The Bertz CT molecular complexity index is 327. The summed E-state index contributed by atoms with van der Waals surface area (Å²) in [5.41, 5.74) is 1.10. The molecular weight excluding hydrogens is 292 g/mol. The van der Waals surface area contributed by atoms with Gasteiger partial charge in [0.05, 0.1) is 0 Å². The van der Waals surface area contributed by atoms with Gasteiger partial charge in [-0.25, -0.2) is 4.39 Å². The predicted molar refractivity (Wildman–Crippen MR) is 70.4 cm³/mol. The summed E-state index contributed by atoms with van der Waals surface area (Å²) in [6.07, 6.45) is 1.09. The maximum absolute atomic E-state index is 12.9. The number of nitrogens with zero attached hydrogens (tertiary/aromatic N) is 1. The van der Waals surface area contributed by atoms with Crippen molar-refractivity contribution in [3.63, 3.8) is 0 Å². The highest BCUT2D eigenvalue weighted by Crippen LogP contribution is 2.19. The van der Waals surface area contributed by atoms with Gasteiger partial charge in [-0.2, -0.15) is 0 Å². The van der Waals surface area contributed by atoms with Crippen molar-refractivity contribution in [2.45, 2.75) is 19.9 Å². The normalized spacial score (nSPS) is 11.1. The van der Waals surface area contributed by atoms with Gasteiger partial charge in [-0.3, -0.25) is 4.90 Å². The molecule has 0 atom stereocenters. The summed E-state index contributed by atoms with van der Waals surface area (Å²) < 4.78 is 13.7. The number of halogens is 3. The maximum Gasteiger partial charge on any atom is 0.124 e. The topological polar surface area (TPSA) is 3.24 Å². The van der Waals surface area contributed by atoms with Crippen molar-refractivity contribution in [1.82, 2.24) is 4.90 Å². The molecule has 1 nitrogen and oxygen atoms in total. The number of benzene rings is 1. The van der Waals surface area contributed by atoms with E-state index in [0.717, 1.165) is 36.1 Å². The lowest BCUT2D eigenvalue weighted by Gasteiger charge is -2.21. The van der Waals surface area contributed by atoms with Gasteiger partial charge < -0.3 is 0 Å². The Morgan fingerprint density at radius 2 is 2.12 bits per heavy atom. The summed E-state index contributed by atoms with van der Waals surface area (Å²) in [5.74, 6) is 0.411. The highest BCUT2D eigenvalue weighted by atomic mass is 79.9. The van der Waals surface area contributed by atoms with E-state index in [4.69, 9.17) is 11.6 Å². The predicted octanol–water partition coefficient (Wildman–Crippen LogP) is 4.04. The largest absolute Gasteiger partial charge is 0.298 e. The van der Waals surface area contributed by atoms with Crippen LogP contribution in [0.4, 0.5) is 4.39 Å². The second-order valence-corrected chi connectivity index (χ2v) is 4.93. The van der Waals surface area contributed by atoms with Crippen molar-refractivity contribution < 1.29 is 4.39 Å². The molecule has 1 aromatic rings. The Labute approximate surface area is 110 Å². The second-order valence-electron chi connectivity index (χ2n) is 3.70. The van der Waals surface area contributed by atoms with Crippen LogP contribution in [-0.4, -0.2) is 23.9 Å². The molecule has 0 saturated heterocycles. The van der Waals surface area contributed by atoms with E-state index in [1.165, 1.54) is 12.1 Å². The Morgan fingerprint density at radius 1 is 1.38 bits per heavy atom. The molecule has 0 aliphatic heterocycles. The zero-order chi connectivity index (χ0) is 12.0. The fourth-order valence-electron chi connectivity index (χ4n) is 1.60. The minimum absolute atomic E-state index is 0.213. The Kier molecular flexibility index (Phi) is 6.32. The minimum Gasteiger partial charge on any atom is -0.298 e. The monoisotopic (exact) mass is 307 g/mol. The third-order valence-electron chi connectivity index (χ3n) is 2.35. The van der Waals surface area contributed by atoms with Gasteiger partial charge >= 0.3 is 0 Å². The van der Waals surface area contributed by atoms with Crippen LogP contribution in [0, 0.1) is 5.82 Å². The second kappa shape index (κ2) is 7.25. The van der Waals surface area contributed by atoms with Crippen molar-refractivity contribution in [2.24, 2.45) is 0 Å². The standard InChI is InChI=1S/C12H16BrClFN/c1-2-6-16(7-5-14)9-10-3-4-11(15)8-12(10)13/h3-4,8H,2,5-7,9H2,1H3. The van der Waals surface area contributed by atoms with E-state index in [1.54, 1.807) is 0 Å². The average Bonchev–Trinajstić information content (AvgIpc) is 2.23. The molecule has 16 heavy (non-hydrogen) atoms. The van der Waals surface area contributed by atoms with Crippen LogP contribution in [0.25, 0.3) is 0 Å². The van der Waals surface area contributed by atoms with Crippen molar-refractivity contribution in [2.75, 3.05) is 19.0 Å². The highest BCUT2D eigenvalue weighted by molar-refractivity contribution is 9.10. The number of alkyl halides is 1. The van der Waals surface area contributed by atoms with E-state index >= 15 is 0 Å². The zero-order valence-corrected chi connectivity index (χ0v) is 11.7. The number of hydrogen-bond donors (Lipinski definition) is 0. The summed E-state index contributed by atoms with van der Waals surface area (Å²) in [5, 5.41) is 0. The molecule has 0 fully saturated rings. The molecule has 0 aromatic heterocycles. The molecule has 0 amide bonds. The van der Waals surface area contributed by atoms with Crippen molar-refractivity contribution in [3.8, 4) is 0 Å². The van der Waals surface area contributed by atoms with E-state index in [1.807, 2.05) is 6.07 Å². The van der Waals surface area contributed by atoms with Gasteiger partial charge in [0, 0.05) is 23.4 Å². The number of hydrogen-bond acceptors (Lipinski definition) is 1. The van der Waals surface area contributed by atoms with E-state index in [0.29, 0.717) is 5.88 Å². The summed E-state index contributed by atoms with van der Waals surface area (Å²) in [4.78, 5) is 2.27. The Morgan fingerprint density at radius 3 is 2.69 bits per heavy atom. The molecule has 0 aliphatic rings. The Balaban J connectivity index is 2.68. The smallest absolute Gasteiger partial charge is 0.124 e. The fraction of sp³-hybridized carbons (Fsp3) is 0.500. The van der Waals surface area contributed by atoms with Crippen LogP contribution >= 0.6 is 27.5 Å². The summed E-state index contributed by atoms with van der Waals surface area (Å²) in [7, 11) is 0. The molecule has 0 N–H and O–H groups in total. The van der Waals surface area contributed by atoms with E-state index in [2.05, 4.69) is 27.8 Å². The molecule has 0 radical (unpaired) electrons. The first-order valence-corrected chi connectivity index (χ1v) is 6.72. The van der Waals surface area contributed by atoms with Crippen LogP contribution < -0.4 is 0 Å². The zero-order valence-electron chi connectivity index (χ0n) is 9.35. The molecule has 0 bridgehead atoms. The molecule has 4 heteroatoms. The fourth-order valence-corrected chi connectivity index (χ4v) is 2.31. The first kappa shape index (κ1) is 13.9. The average molecular weight is 309 g/mol. The molecule has 0 unspecified atom stereocenters. The van der Waals surface area contributed by atoms with E-state index in [9.17, 15) is 4.39 Å². The Hall–Kier alpha value is -0.120. The van der Waals surface area contributed by atoms with Crippen LogP contribution in [0.2, 0.25) is 0 Å². The van der Waals surface area contributed by atoms with Gasteiger partial charge in [0.25, 0.3) is 0 Å². The molecule has 0 spiro atoms. The molecule has 0 saturated carbocycles. The SMILES string of the molecule is CCCN(CCCl)Cc1ccc(F)cc1Br. The van der Waals surface area contributed by atoms with E-state index in [-0.39, 0.29) is 5.82 Å². The highest BCUT2D eigenvalue weighted by Gasteiger charge is 2.07. The van der Waals surface area contributed by atoms with Gasteiger partial charge in [0.15, 0.2) is 0 Å². The van der Waals surface area contributed by atoms with Gasteiger partial charge in [0.2, 0.25) is 0 Å². The van der Waals surface area contributed by atoms with Gasteiger partial charge in [0.1, 0.15) is 5.82 Å². The summed E-state index contributed by atoms with van der Waals surface area (Å²) in [6.45, 7) is 4.82. The third kappa shape index (κ3) is 4.40. The van der Waals surface area contributed by atoms with Crippen LogP contribution in [0.15, 0.2) is 22.7 Å². The lowest BCUT2D eigenvalue weighted by molar-refractivity contribution is 0.281. The van der Waals surface area contributed by atoms with E-state index < -0.39 is 0 Å². The van der Waals surface area contributed by atoms with Crippen molar-refractivity contribution in [3.05, 3.63) is 34.1 Å². The van der Waals surface area contributed by atoms with Crippen molar-refractivity contribution in [1.29, 1.82) is 0 Å². The van der Waals surface area contributed by atoms with Gasteiger partial charge in [-0.15, -0.1) is 11.6 Å². The minimum atomic E-state index is -0.213. The van der Waals surface area contributed by atoms with Gasteiger partial charge in [-0.1, -0.05) is 28.9 Å². The van der Waals surface area contributed by atoms with Crippen LogP contribution in [0.3, 0.4) is 0 Å². The maximum atomic E-state index is 12.9. The quantitative estimate of drug-likeness (QED) is 0.717. The first-order valence-electron chi connectivity index (χ1n) is 5.39. The first-order chi connectivity index (χ1) is 7.67. The lowest BCUT2D eigenvalue weighted by Crippen LogP contribution is -2.26. The number of rotatable bonds is 6. The molecule has 1 rings (SSSR count). The molecular formula is C12H16BrClFN. The molecule has 90 valence electrons. The molecule has 0 aliphatic carbocycles. The summed E-state index contributed by atoms with van der Waals surface area (Å²) in [6, 6.07) is 4.81. The van der Waals surface area contributed by atoms with Crippen LogP contribution in [0.5, 0.6) is 0 Å². The third-order valence-corrected chi connectivity index (χ3v) is 3.26. The molecule has 0 heterocycles. The molecule has 1 aromatic carbocycles. The van der Waals surface area contributed by atoms with Crippen molar-refractivity contribution >= 4 is 27.5 Å².